The van der Waals surface area contributed by atoms with Crippen LogP contribution in [0.1, 0.15) is 22.4 Å². The first kappa shape index (κ1) is 20.2. The van der Waals surface area contributed by atoms with Gasteiger partial charge in [0, 0.05) is 17.7 Å². The number of imidazole rings is 1. The van der Waals surface area contributed by atoms with Crippen molar-refractivity contribution in [3.05, 3.63) is 136 Å². The van der Waals surface area contributed by atoms with Crippen LogP contribution in [0, 0.1) is 0 Å². The number of rotatable bonds is 7. The summed E-state index contributed by atoms with van der Waals surface area (Å²) in [6.07, 6.45) is 5.56. The van der Waals surface area contributed by atoms with Crippen LogP contribution in [0.15, 0.2) is 108 Å². The third kappa shape index (κ3) is 3.73. The minimum Gasteiger partial charge on any atom is -0.327 e. The van der Waals surface area contributed by atoms with Crippen LogP contribution in [0.3, 0.4) is 0 Å². The molecular formula is C25H22N6. The first-order valence-electron chi connectivity index (χ1n) is 9.99. The molecule has 2 N–H and O–H groups in total. The lowest BCUT2D eigenvalue weighted by Gasteiger charge is -2.38. The van der Waals surface area contributed by atoms with Gasteiger partial charge in [0.25, 0.3) is 0 Å². The van der Waals surface area contributed by atoms with E-state index in [4.69, 9.17) is 5.73 Å². The fourth-order valence-corrected chi connectivity index (χ4v) is 3.97. The third-order valence-corrected chi connectivity index (χ3v) is 5.20. The Morgan fingerprint density at radius 2 is 1.35 bits per heavy atom. The number of aromatic nitrogens is 2. The second kappa shape index (κ2) is 9.13. The fourth-order valence-electron chi connectivity index (χ4n) is 3.97. The first-order valence-corrected chi connectivity index (χ1v) is 9.99. The number of hydrogen-bond donors (Lipinski definition) is 1. The van der Waals surface area contributed by atoms with Gasteiger partial charge in [0.1, 0.15) is 5.54 Å². The van der Waals surface area contributed by atoms with E-state index in [9.17, 15) is 5.53 Å². The van der Waals surface area contributed by atoms with E-state index in [0.29, 0.717) is 12.2 Å². The molecule has 31 heavy (non-hydrogen) atoms. The fraction of sp³-hybridized carbons (Fsp3) is 0.0800. The molecular weight excluding hydrogens is 385 g/mol. The molecule has 0 aliphatic heterocycles. The Morgan fingerprint density at radius 1 is 0.871 bits per heavy atom. The number of hydrogen-bond acceptors (Lipinski definition) is 3. The minimum absolute atomic E-state index is 0.274. The van der Waals surface area contributed by atoms with Gasteiger partial charge in [-0.15, -0.1) is 0 Å². The zero-order chi connectivity index (χ0) is 21.5. The Kier molecular flexibility index (Phi) is 5.94. The maximum absolute atomic E-state index is 9.27. The molecule has 152 valence electrons. The van der Waals surface area contributed by atoms with Crippen LogP contribution in [-0.2, 0) is 5.54 Å². The first-order chi connectivity index (χ1) is 15.3. The lowest BCUT2D eigenvalue weighted by atomic mass is 9.76. The summed E-state index contributed by atoms with van der Waals surface area (Å²) in [5.41, 5.74) is 17.8. The Labute approximate surface area is 180 Å². The average Bonchev–Trinajstić information content (AvgIpc) is 3.23. The monoisotopic (exact) mass is 407 g/mol. The SMILES string of the molecule is [N-]=[N+]=Nc1nc(/C=C/C[15NH2])cn1C(c1ccccc1)(c1ccccc1)c1ccccc1. The average molecular weight is 407 g/mol. The van der Waals surface area contributed by atoms with E-state index in [0.717, 1.165) is 16.7 Å². The summed E-state index contributed by atoms with van der Waals surface area (Å²) in [4.78, 5) is 7.63. The van der Waals surface area contributed by atoms with E-state index in [1.807, 2.05) is 77.5 Å². The Balaban J connectivity index is 2.15. The molecule has 0 aliphatic carbocycles. The van der Waals surface area contributed by atoms with Gasteiger partial charge >= 0.3 is 0 Å². The van der Waals surface area contributed by atoms with Gasteiger partial charge in [-0.1, -0.05) is 97.1 Å². The van der Waals surface area contributed by atoms with Crippen molar-refractivity contribution in [1.82, 2.24) is 9.55 Å². The standard InChI is InChI=1S/C25H22N6/c26-18-10-17-23-19-31(24(28-23)29-30-27)25(20-11-4-1-5-12-20,21-13-6-2-7-14-21)22-15-8-3-9-16-22/h1-17,19H,18,26H2/b17-10+/i26+1. The van der Waals surface area contributed by atoms with Crippen molar-refractivity contribution >= 4 is 12.0 Å². The van der Waals surface area contributed by atoms with E-state index < -0.39 is 5.54 Å². The largest absolute Gasteiger partial charge is 0.327 e. The molecule has 1 aromatic heterocycles. The van der Waals surface area contributed by atoms with Crippen LogP contribution < -0.4 is 5.73 Å². The van der Waals surface area contributed by atoms with Gasteiger partial charge < -0.3 is 10.3 Å². The molecule has 0 saturated heterocycles. The lowest BCUT2D eigenvalue weighted by molar-refractivity contribution is 0.518. The van der Waals surface area contributed by atoms with E-state index in [1.54, 1.807) is 0 Å². The van der Waals surface area contributed by atoms with Gasteiger partial charge in [-0.3, -0.25) is 0 Å². The molecule has 1 heterocycles. The lowest BCUT2D eigenvalue weighted by Crippen LogP contribution is -2.37. The van der Waals surface area contributed by atoms with Crippen molar-refractivity contribution in [1.29, 1.82) is 0 Å². The van der Waals surface area contributed by atoms with Crippen LogP contribution in [-0.4, -0.2) is 16.1 Å². The third-order valence-electron chi connectivity index (χ3n) is 5.20. The quantitative estimate of drug-likeness (QED) is 0.141. The van der Waals surface area contributed by atoms with Gasteiger partial charge in [0.15, 0.2) is 5.95 Å². The molecule has 0 fully saturated rings. The van der Waals surface area contributed by atoms with Crippen LogP contribution in [0.5, 0.6) is 0 Å². The highest BCUT2D eigenvalue weighted by Crippen LogP contribution is 2.43. The summed E-state index contributed by atoms with van der Waals surface area (Å²) in [5, 5.41) is 3.95. The van der Waals surface area contributed by atoms with E-state index in [-0.39, 0.29) is 5.95 Å². The highest BCUT2D eigenvalue weighted by molar-refractivity contribution is 5.55. The second-order valence-corrected chi connectivity index (χ2v) is 6.97. The highest BCUT2D eigenvalue weighted by atomic mass is 15.3. The molecule has 0 amide bonds. The molecule has 3 aromatic carbocycles. The zero-order valence-corrected chi connectivity index (χ0v) is 16.9. The van der Waals surface area contributed by atoms with Crippen LogP contribution in [0.2, 0.25) is 0 Å². The molecule has 0 bridgehead atoms. The van der Waals surface area contributed by atoms with Crippen molar-refractivity contribution in [2.45, 2.75) is 5.54 Å². The molecule has 6 heteroatoms. The van der Waals surface area contributed by atoms with E-state index in [2.05, 4.69) is 51.4 Å². The Hall–Kier alpha value is -4.12. The molecule has 0 spiro atoms. The highest BCUT2D eigenvalue weighted by Gasteiger charge is 2.39. The predicted molar refractivity (Wildman–Crippen MR) is 124 cm³/mol. The van der Waals surface area contributed by atoms with Gasteiger partial charge in [-0.2, -0.15) is 0 Å². The van der Waals surface area contributed by atoms with E-state index in [1.165, 1.54) is 0 Å². The molecule has 0 aliphatic rings. The molecule has 0 radical (unpaired) electrons. The van der Waals surface area contributed by atoms with Gasteiger partial charge in [-0.25, -0.2) is 4.98 Å². The maximum Gasteiger partial charge on any atom is 0.198 e. The van der Waals surface area contributed by atoms with Crippen LogP contribution >= 0.6 is 0 Å². The maximum atomic E-state index is 9.27. The smallest absolute Gasteiger partial charge is 0.198 e. The number of nitrogens with two attached hydrogens (primary N) is 1. The Bertz CT molecular complexity index is 1110. The minimum atomic E-state index is -0.797. The summed E-state index contributed by atoms with van der Waals surface area (Å²) in [7, 11) is 0. The summed E-state index contributed by atoms with van der Waals surface area (Å²) in [6.45, 7) is 0.394. The van der Waals surface area contributed by atoms with Crippen molar-refractivity contribution in [3.8, 4) is 0 Å². The molecule has 0 atom stereocenters. The Morgan fingerprint density at radius 3 is 1.77 bits per heavy atom. The summed E-state index contributed by atoms with van der Waals surface area (Å²) >= 11 is 0. The van der Waals surface area contributed by atoms with E-state index >= 15 is 0 Å². The van der Waals surface area contributed by atoms with Crippen molar-refractivity contribution < 1.29 is 0 Å². The van der Waals surface area contributed by atoms with Gasteiger partial charge in [0.2, 0.25) is 0 Å². The van der Waals surface area contributed by atoms with Gasteiger partial charge in [0.05, 0.1) is 5.69 Å². The number of azide groups is 1. The van der Waals surface area contributed by atoms with Gasteiger partial charge in [-0.05, 0) is 33.4 Å². The molecule has 0 unspecified atom stereocenters. The predicted octanol–water partition coefficient (Wildman–Crippen LogP) is 5.64. The summed E-state index contributed by atoms with van der Waals surface area (Å²) in [6, 6.07) is 30.5. The van der Waals surface area contributed by atoms with Crippen molar-refractivity contribution in [2.24, 2.45) is 10.8 Å². The number of benzene rings is 3. The number of nitrogens with zero attached hydrogens (tertiary/aromatic N) is 5. The normalized spacial score (nSPS) is 11.4. The molecule has 0 saturated carbocycles. The van der Waals surface area contributed by atoms with Crippen molar-refractivity contribution in [3.63, 3.8) is 0 Å². The molecule has 4 aromatic rings. The van der Waals surface area contributed by atoms with Crippen LogP contribution in [0.4, 0.5) is 5.95 Å². The summed E-state index contributed by atoms with van der Waals surface area (Å²) in [5.74, 6) is 0.274. The summed E-state index contributed by atoms with van der Waals surface area (Å²) < 4.78 is 1.95. The van der Waals surface area contributed by atoms with Crippen LogP contribution in [0.25, 0.3) is 16.5 Å². The molecule has 4 rings (SSSR count). The molecule has 6 nitrogen and oxygen atoms in total. The zero-order valence-electron chi connectivity index (χ0n) is 16.9. The second-order valence-electron chi connectivity index (χ2n) is 6.97. The topological polar surface area (TPSA) is 92.6 Å². The van der Waals surface area contributed by atoms with Crippen molar-refractivity contribution in [2.75, 3.05) is 6.54 Å².